The molecular formula is C24H29N3O2S. The summed E-state index contributed by atoms with van der Waals surface area (Å²) in [6.07, 6.45) is 6.30. The number of carbonyl (C=O) groups excluding carboxylic acids is 1. The Bertz CT molecular complexity index is 931. The Kier molecular flexibility index (Phi) is 7.43. The summed E-state index contributed by atoms with van der Waals surface area (Å²) < 4.78 is 5.78. The first kappa shape index (κ1) is 20.9. The minimum atomic E-state index is -0.000341. The summed E-state index contributed by atoms with van der Waals surface area (Å²) in [5.41, 5.74) is 3.37. The molecule has 4 rings (SSSR count). The van der Waals surface area contributed by atoms with E-state index in [1.807, 2.05) is 48.5 Å². The summed E-state index contributed by atoms with van der Waals surface area (Å²) in [6.45, 7) is 4.17. The van der Waals surface area contributed by atoms with Crippen molar-refractivity contribution in [2.45, 2.75) is 43.1 Å². The van der Waals surface area contributed by atoms with Crippen molar-refractivity contribution >= 4 is 28.8 Å². The topological polar surface area (TPSA) is 58.4 Å². The first-order chi connectivity index (χ1) is 14.8. The van der Waals surface area contributed by atoms with Crippen molar-refractivity contribution in [3.05, 3.63) is 59.7 Å². The Morgan fingerprint density at radius 3 is 2.63 bits per heavy atom. The lowest BCUT2D eigenvalue weighted by molar-refractivity contribution is 0.0951. The second-order valence-electron chi connectivity index (χ2n) is 7.76. The summed E-state index contributed by atoms with van der Waals surface area (Å²) in [6, 6.07) is 15.5. The summed E-state index contributed by atoms with van der Waals surface area (Å²) in [5, 5.41) is 3.73. The van der Waals surface area contributed by atoms with Gasteiger partial charge in [-0.2, -0.15) is 0 Å². The van der Waals surface area contributed by atoms with E-state index in [1.54, 1.807) is 0 Å². The Morgan fingerprint density at radius 1 is 1.03 bits per heavy atom. The van der Waals surface area contributed by atoms with Gasteiger partial charge in [0, 0.05) is 17.9 Å². The molecule has 2 aromatic carbocycles. The van der Waals surface area contributed by atoms with E-state index < -0.39 is 0 Å². The molecule has 0 atom stereocenters. The van der Waals surface area contributed by atoms with Crippen molar-refractivity contribution in [2.75, 3.05) is 26.2 Å². The van der Waals surface area contributed by atoms with Gasteiger partial charge >= 0.3 is 0 Å². The van der Waals surface area contributed by atoms with Crippen molar-refractivity contribution < 1.29 is 9.21 Å². The Hall–Kier alpha value is -2.31. The minimum Gasteiger partial charge on any atom is -0.431 e. The van der Waals surface area contributed by atoms with Gasteiger partial charge in [0.15, 0.2) is 5.58 Å². The van der Waals surface area contributed by atoms with Crippen LogP contribution in [-0.2, 0) is 5.75 Å². The molecule has 0 saturated carbocycles. The standard InChI is InChI=1S/C24H29N3O2S/c28-23(25-14-9-17-27-15-7-1-2-8-16-27)20-11-4-3-10-19(20)18-30-24-26-21-12-5-6-13-22(21)29-24/h3-6,10-13H,1-2,7-9,14-18H2,(H,25,28). The van der Waals surface area contributed by atoms with Crippen LogP contribution >= 0.6 is 11.8 Å². The van der Waals surface area contributed by atoms with Gasteiger partial charge in [-0.3, -0.25) is 4.79 Å². The predicted octanol–water partition coefficient (Wildman–Crippen LogP) is 5.12. The zero-order chi connectivity index (χ0) is 20.6. The fourth-order valence-corrected chi connectivity index (χ4v) is 4.72. The Labute approximate surface area is 182 Å². The van der Waals surface area contributed by atoms with Gasteiger partial charge in [0.2, 0.25) is 0 Å². The molecule has 0 aliphatic carbocycles. The molecule has 158 valence electrons. The molecule has 1 aliphatic heterocycles. The number of hydrogen-bond donors (Lipinski definition) is 1. The van der Waals surface area contributed by atoms with E-state index in [4.69, 9.17) is 4.42 Å². The van der Waals surface area contributed by atoms with Crippen molar-refractivity contribution in [1.29, 1.82) is 0 Å². The molecule has 0 spiro atoms. The zero-order valence-electron chi connectivity index (χ0n) is 17.3. The number of nitrogens with one attached hydrogen (secondary N) is 1. The molecule has 1 fully saturated rings. The molecule has 0 bridgehead atoms. The maximum atomic E-state index is 12.8. The van der Waals surface area contributed by atoms with E-state index in [9.17, 15) is 4.79 Å². The average molecular weight is 424 g/mol. The van der Waals surface area contributed by atoms with E-state index in [0.29, 0.717) is 17.5 Å². The quantitative estimate of drug-likeness (QED) is 0.403. The number of thioether (sulfide) groups is 1. The van der Waals surface area contributed by atoms with Crippen LogP contribution in [0.2, 0.25) is 0 Å². The highest BCUT2D eigenvalue weighted by Gasteiger charge is 2.13. The van der Waals surface area contributed by atoms with Gasteiger partial charge in [-0.15, -0.1) is 0 Å². The molecule has 1 saturated heterocycles. The summed E-state index contributed by atoms with van der Waals surface area (Å²) in [7, 11) is 0. The molecule has 1 amide bonds. The van der Waals surface area contributed by atoms with Gasteiger partial charge in [0.05, 0.1) is 0 Å². The molecule has 0 unspecified atom stereocenters. The van der Waals surface area contributed by atoms with Crippen LogP contribution < -0.4 is 5.32 Å². The second kappa shape index (κ2) is 10.6. The zero-order valence-corrected chi connectivity index (χ0v) is 18.1. The summed E-state index contributed by atoms with van der Waals surface area (Å²) >= 11 is 1.52. The van der Waals surface area contributed by atoms with Crippen LogP contribution in [0.4, 0.5) is 0 Å². The van der Waals surface area contributed by atoms with Crippen molar-refractivity contribution in [3.8, 4) is 0 Å². The van der Waals surface area contributed by atoms with Gasteiger partial charge in [-0.25, -0.2) is 4.98 Å². The molecule has 2 heterocycles. The number of rotatable bonds is 8. The van der Waals surface area contributed by atoms with E-state index in [0.717, 1.165) is 35.2 Å². The number of hydrogen-bond acceptors (Lipinski definition) is 5. The van der Waals surface area contributed by atoms with Crippen LogP contribution in [0.25, 0.3) is 11.1 Å². The van der Waals surface area contributed by atoms with E-state index in [-0.39, 0.29) is 5.91 Å². The molecule has 5 nitrogen and oxygen atoms in total. The van der Waals surface area contributed by atoms with Gasteiger partial charge in [0.1, 0.15) is 5.52 Å². The third-order valence-corrected chi connectivity index (χ3v) is 6.40. The SMILES string of the molecule is O=C(NCCCN1CCCCCC1)c1ccccc1CSc1nc2ccccc2o1. The molecule has 1 aliphatic rings. The molecular weight excluding hydrogens is 394 g/mol. The summed E-state index contributed by atoms with van der Waals surface area (Å²) in [5.74, 6) is 0.643. The molecule has 3 aromatic rings. The highest BCUT2D eigenvalue weighted by molar-refractivity contribution is 7.98. The monoisotopic (exact) mass is 423 g/mol. The lowest BCUT2D eigenvalue weighted by atomic mass is 10.1. The lowest BCUT2D eigenvalue weighted by Crippen LogP contribution is -2.31. The lowest BCUT2D eigenvalue weighted by Gasteiger charge is -2.19. The van der Waals surface area contributed by atoms with Gasteiger partial charge in [-0.1, -0.05) is 54.9 Å². The smallest absolute Gasteiger partial charge is 0.257 e. The highest BCUT2D eigenvalue weighted by atomic mass is 32.2. The van der Waals surface area contributed by atoms with Crippen LogP contribution in [0.3, 0.4) is 0 Å². The Morgan fingerprint density at radius 2 is 1.80 bits per heavy atom. The molecule has 0 radical (unpaired) electrons. The van der Waals surface area contributed by atoms with Crippen LogP contribution in [0.1, 0.15) is 48.0 Å². The maximum Gasteiger partial charge on any atom is 0.257 e. The summed E-state index contributed by atoms with van der Waals surface area (Å²) in [4.78, 5) is 19.8. The number of aromatic nitrogens is 1. The number of nitrogens with zero attached hydrogens (tertiary/aromatic N) is 2. The number of carbonyl (C=O) groups is 1. The normalized spacial score (nSPS) is 15.2. The van der Waals surface area contributed by atoms with Crippen molar-refractivity contribution in [3.63, 3.8) is 0 Å². The third kappa shape index (κ3) is 5.64. The average Bonchev–Trinajstić information content (AvgIpc) is 3.02. The second-order valence-corrected chi connectivity index (χ2v) is 8.69. The van der Waals surface area contributed by atoms with E-state index in [1.165, 1.54) is 50.5 Å². The van der Waals surface area contributed by atoms with Crippen molar-refractivity contribution in [1.82, 2.24) is 15.2 Å². The number of fused-ring (bicyclic) bond motifs is 1. The van der Waals surface area contributed by atoms with Crippen LogP contribution in [-0.4, -0.2) is 42.0 Å². The van der Waals surface area contributed by atoms with Gasteiger partial charge < -0.3 is 14.6 Å². The van der Waals surface area contributed by atoms with Crippen LogP contribution in [0.5, 0.6) is 0 Å². The minimum absolute atomic E-state index is 0.000341. The fraction of sp³-hybridized carbons (Fsp3) is 0.417. The first-order valence-corrected chi connectivity index (χ1v) is 11.8. The third-order valence-electron chi connectivity index (χ3n) is 5.52. The largest absolute Gasteiger partial charge is 0.431 e. The maximum absolute atomic E-state index is 12.8. The number of benzene rings is 2. The van der Waals surface area contributed by atoms with Crippen molar-refractivity contribution in [2.24, 2.45) is 0 Å². The fourth-order valence-electron chi connectivity index (χ4n) is 3.88. The number of likely N-dealkylation sites (tertiary alicyclic amines) is 1. The number of amides is 1. The predicted molar refractivity (Wildman–Crippen MR) is 122 cm³/mol. The molecule has 30 heavy (non-hydrogen) atoms. The van der Waals surface area contributed by atoms with Crippen LogP contribution in [0.15, 0.2) is 58.2 Å². The molecule has 1 N–H and O–H groups in total. The number of oxazole rings is 1. The number of para-hydroxylation sites is 2. The Balaban J connectivity index is 1.29. The first-order valence-electron chi connectivity index (χ1n) is 10.9. The van der Waals surface area contributed by atoms with Gasteiger partial charge in [0.25, 0.3) is 11.1 Å². The van der Waals surface area contributed by atoms with Gasteiger partial charge in [-0.05, 0) is 62.7 Å². The van der Waals surface area contributed by atoms with E-state index in [2.05, 4.69) is 15.2 Å². The highest BCUT2D eigenvalue weighted by Crippen LogP contribution is 2.27. The molecule has 6 heteroatoms. The van der Waals surface area contributed by atoms with E-state index >= 15 is 0 Å². The molecule has 1 aromatic heterocycles. The van der Waals surface area contributed by atoms with Crippen LogP contribution in [0, 0.1) is 0 Å².